The number of benzene rings is 1. The molecule has 2 unspecified atom stereocenters. The highest BCUT2D eigenvalue weighted by Gasteiger charge is 2.24. The lowest BCUT2D eigenvalue weighted by molar-refractivity contribution is 0.582. The first-order valence-corrected chi connectivity index (χ1v) is 7.85. The van der Waals surface area contributed by atoms with Crippen molar-refractivity contribution in [2.45, 2.75) is 45.4 Å². The van der Waals surface area contributed by atoms with Crippen LogP contribution in [-0.2, 0) is 10.8 Å². The van der Waals surface area contributed by atoms with E-state index >= 15 is 0 Å². The van der Waals surface area contributed by atoms with Crippen LogP contribution in [0.3, 0.4) is 0 Å². The summed E-state index contributed by atoms with van der Waals surface area (Å²) in [7, 11) is -0.840. The predicted molar refractivity (Wildman–Crippen MR) is 80.4 cm³/mol. The van der Waals surface area contributed by atoms with Crippen LogP contribution < -0.4 is 5.32 Å². The molecule has 1 aromatic rings. The molecule has 1 aromatic carbocycles. The van der Waals surface area contributed by atoms with Gasteiger partial charge in [-0.2, -0.15) is 0 Å². The van der Waals surface area contributed by atoms with Crippen LogP contribution in [0.1, 0.15) is 44.9 Å². The van der Waals surface area contributed by atoms with Gasteiger partial charge in [0.1, 0.15) is 0 Å². The van der Waals surface area contributed by atoms with E-state index in [1.807, 2.05) is 32.9 Å². The van der Waals surface area contributed by atoms with Crippen molar-refractivity contribution < 1.29 is 4.21 Å². The van der Waals surface area contributed by atoms with Crippen molar-refractivity contribution in [3.05, 3.63) is 35.4 Å². The molecule has 1 rings (SSSR count). The van der Waals surface area contributed by atoms with Crippen molar-refractivity contribution in [2.24, 2.45) is 0 Å². The molecule has 0 bridgehead atoms. The lowest BCUT2D eigenvalue weighted by Gasteiger charge is -2.25. The maximum Gasteiger partial charge on any atom is 0.0439 e. The van der Waals surface area contributed by atoms with E-state index < -0.39 is 10.8 Å². The standard InChI is InChI=1S/C15H25NOS/c1-6-16-14(11-18(17)15(3,4)5)13-10-8-7-9-12(13)2/h7-10,14,16H,6,11H2,1-5H3. The highest BCUT2D eigenvalue weighted by atomic mass is 32.2. The highest BCUT2D eigenvalue weighted by molar-refractivity contribution is 7.86. The van der Waals surface area contributed by atoms with Gasteiger partial charge in [0.25, 0.3) is 0 Å². The smallest absolute Gasteiger partial charge is 0.0439 e. The summed E-state index contributed by atoms with van der Waals surface area (Å²) in [5, 5.41) is 3.45. The Hall–Kier alpha value is -0.670. The molecule has 0 saturated carbocycles. The van der Waals surface area contributed by atoms with Gasteiger partial charge >= 0.3 is 0 Å². The first-order chi connectivity index (χ1) is 8.36. The molecule has 0 aliphatic rings. The second-order valence-corrected chi connectivity index (χ2v) is 7.84. The van der Waals surface area contributed by atoms with Gasteiger partial charge in [-0.05, 0) is 45.4 Å². The van der Waals surface area contributed by atoms with E-state index in [2.05, 4.69) is 31.3 Å². The zero-order chi connectivity index (χ0) is 13.8. The monoisotopic (exact) mass is 267 g/mol. The molecule has 0 fully saturated rings. The molecule has 2 atom stereocenters. The first kappa shape index (κ1) is 15.4. The van der Waals surface area contributed by atoms with Gasteiger partial charge < -0.3 is 5.32 Å². The molecule has 0 radical (unpaired) electrons. The molecule has 0 aromatic heterocycles. The van der Waals surface area contributed by atoms with Crippen molar-refractivity contribution in [3.8, 4) is 0 Å². The molecule has 0 saturated heterocycles. The lowest BCUT2D eigenvalue weighted by Crippen LogP contribution is -2.33. The minimum absolute atomic E-state index is 0.156. The van der Waals surface area contributed by atoms with Gasteiger partial charge in [0.15, 0.2) is 0 Å². The minimum Gasteiger partial charge on any atom is -0.309 e. The van der Waals surface area contributed by atoms with Crippen molar-refractivity contribution in [3.63, 3.8) is 0 Å². The van der Waals surface area contributed by atoms with Gasteiger partial charge in [0.2, 0.25) is 0 Å². The van der Waals surface area contributed by atoms with Crippen LogP contribution in [-0.4, -0.2) is 21.3 Å². The quantitative estimate of drug-likeness (QED) is 0.887. The topological polar surface area (TPSA) is 29.1 Å². The fraction of sp³-hybridized carbons (Fsp3) is 0.600. The third kappa shape index (κ3) is 4.21. The molecule has 0 amide bonds. The predicted octanol–water partition coefficient (Wildman–Crippen LogP) is 3.19. The highest BCUT2D eigenvalue weighted by Crippen LogP contribution is 2.22. The van der Waals surface area contributed by atoms with Crippen LogP contribution >= 0.6 is 0 Å². The van der Waals surface area contributed by atoms with E-state index in [1.54, 1.807) is 0 Å². The average Bonchev–Trinajstić information content (AvgIpc) is 2.28. The van der Waals surface area contributed by atoms with Crippen LogP contribution in [0, 0.1) is 6.92 Å². The van der Waals surface area contributed by atoms with E-state index in [1.165, 1.54) is 11.1 Å². The Morgan fingerprint density at radius 3 is 2.39 bits per heavy atom. The normalized spacial score (nSPS) is 15.4. The summed E-state index contributed by atoms with van der Waals surface area (Å²) >= 11 is 0. The molecule has 2 nitrogen and oxygen atoms in total. The Morgan fingerprint density at radius 2 is 1.89 bits per heavy atom. The Kier molecular flexibility index (Phi) is 5.54. The molecule has 102 valence electrons. The molecule has 0 aliphatic carbocycles. The molecular formula is C15H25NOS. The van der Waals surface area contributed by atoms with Crippen LogP contribution in [0.15, 0.2) is 24.3 Å². The van der Waals surface area contributed by atoms with Gasteiger partial charge in [-0.1, -0.05) is 31.2 Å². The van der Waals surface area contributed by atoms with E-state index in [0.29, 0.717) is 5.75 Å². The fourth-order valence-corrected chi connectivity index (χ4v) is 2.98. The van der Waals surface area contributed by atoms with Crippen molar-refractivity contribution in [1.82, 2.24) is 5.32 Å². The van der Waals surface area contributed by atoms with Crippen molar-refractivity contribution in [1.29, 1.82) is 0 Å². The summed E-state index contributed by atoms with van der Waals surface area (Å²) < 4.78 is 12.1. The largest absolute Gasteiger partial charge is 0.309 e. The summed E-state index contributed by atoms with van der Waals surface area (Å²) in [6.45, 7) is 11.2. The Labute approximate surface area is 114 Å². The molecular weight excluding hydrogens is 242 g/mol. The summed E-state index contributed by atoms with van der Waals surface area (Å²) in [4.78, 5) is 0. The van der Waals surface area contributed by atoms with Gasteiger partial charge in [-0.3, -0.25) is 4.21 Å². The number of nitrogens with one attached hydrogen (secondary N) is 1. The fourth-order valence-electron chi connectivity index (χ4n) is 1.88. The molecule has 18 heavy (non-hydrogen) atoms. The van der Waals surface area contributed by atoms with Gasteiger partial charge in [0.05, 0.1) is 0 Å². The second-order valence-electron chi connectivity index (χ2n) is 5.59. The van der Waals surface area contributed by atoms with E-state index in [0.717, 1.165) is 6.54 Å². The van der Waals surface area contributed by atoms with E-state index in [9.17, 15) is 4.21 Å². The second kappa shape index (κ2) is 6.48. The Bertz CT molecular complexity index is 409. The Morgan fingerprint density at radius 1 is 1.28 bits per heavy atom. The maximum absolute atomic E-state index is 12.3. The molecule has 0 heterocycles. The SMILES string of the molecule is CCNC(CS(=O)C(C)(C)C)c1ccccc1C. The molecule has 3 heteroatoms. The van der Waals surface area contributed by atoms with Crippen LogP contribution in [0.5, 0.6) is 0 Å². The van der Waals surface area contributed by atoms with Crippen molar-refractivity contribution >= 4 is 10.8 Å². The molecule has 0 aliphatic heterocycles. The lowest BCUT2D eigenvalue weighted by atomic mass is 10.0. The summed E-state index contributed by atoms with van der Waals surface area (Å²) in [6.07, 6.45) is 0. The third-order valence-corrected chi connectivity index (χ3v) is 5.02. The van der Waals surface area contributed by atoms with Crippen LogP contribution in [0.25, 0.3) is 0 Å². The van der Waals surface area contributed by atoms with Gasteiger partial charge in [-0.25, -0.2) is 0 Å². The van der Waals surface area contributed by atoms with Gasteiger partial charge in [-0.15, -0.1) is 0 Å². The zero-order valence-electron chi connectivity index (χ0n) is 12.1. The number of hydrogen-bond acceptors (Lipinski definition) is 2. The third-order valence-electron chi connectivity index (χ3n) is 3.02. The van der Waals surface area contributed by atoms with Gasteiger partial charge in [0, 0.05) is 27.3 Å². The Balaban J connectivity index is 2.91. The van der Waals surface area contributed by atoms with Crippen LogP contribution in [0.4, 0.5) is 0 Å². The maximum atomic E-state index is 12.3. The van der Waals surface area contributed by atoms with Crippen LogP contribution in [0.2, 0.25) is 0 Å². The van der Waals surface area contributed by atoms with E-state index in [4.69, 9.17) is 0 Å². The minimum atomic E-state index is -0.840. The zero-order valence-corrected chi connectivity index (χ0v) is 12.9. The molecule has 1 N–H and O–H groups in total. The van der Waals surface area contributed by atoms with E-state index in [-0.39, 0.29) is 10.8 Å². The summed E-state index contributed by atoms with van der Waals surface area (Å²) in [5.74, 6) is 0.669. The number of aryl methyl sites for hydroxylation is 1. The summed E-state index contributed by atoms with van der Waals surface area (Å²) in [6, 6.07) is 8.51. The summed E-state index contributed by atoms with van der Waals surface area (Å²) in [5.41, 5.74) is 2.52. The number of hydrogen-bond donors (Lipinski definition) is 1. The van der Waals surface area contributed by atoms with Crippen molar-refractivity contribution in [2.75, 3.05) is 12.3 Å². The average molecular weight is 267 g/mol. The molecule has 0 spiro atoms. The number of rotatable bonds is 5. The first-order valence-electron chi connectivity index (χ1n) is 6.53.